The molecule has 0 amide bonds. The number of hydrogen-bond acceptors (Lipinski definition) is 2. The van der Waals surface area contributed by atoms with E-state index in [1.54, 1.807) is 0 Å². The van der Waals surface area contributed by atoms with E-state index in [9.17, 15) is 5.26 Å². The van der Waals surface area contributed by atoms with Gasteiger partial charge in [0.25, 0.3) is 0 Å². The number of nitrogens with zero attached hydrogens (tertiary/aromatic N) is 1. The quantitative estimate of drug-likeness (QED) is 0.871. The van der Waals surface area contributed by atoms with E-state index in [0.29, 0.717) is 5.92 Å². The molecule has 2 rings (SSSR count). The Morgan fingerprint density at radius 2 is 1.83 bits per heavy atom. The summed E-state index contributed by atoms with van der Waals surface area (Å²) in [6.45, 7) is 2.14. The number of rotatable bonds is 4. The first-order valence-electron chi connectivity index (χ1n) is 7.02. The van der Waals surface area contributed by atoms with Crippen LogP contribution in [0.25, 0.3) is 0 Å². The van der Waals surface area contributed by atoms with Crippen molar-refractivity contribution in [3.05, 3.63) is 35.9 Å². The van der Waals surface area contributed by atoms with E-state index in [4.69, 9.17) is 0 Å². The van der Waals surface area contributed by atoms with Crippen molar-refractivity contribution in [2.75, 3.05) is 0 Å². The predicted octanol–water partition coefficient (Wildman–Crippen LogP) is 3.81. The lowest BCUT2D eigenvalue weighted by Crippen LogP contribution is -2.37. The van der Waals surface area contributed by atoms with Crippen molar-refractivity contribution in [1.29, 1.82) is 5.26 Å². The molecule has 0 spiro atoms. The molecule has 1 aliphatic carbocycles. The second kappa shape index (κ2) is 6.56. The summed E-state index contributed by atoms with van der Waals surface area (Å²) >= 11 is 0. The minimum Gasteiger partial charge on any atom is -0.295 e. The first-order chi connectivity index (χ1) is 8.81. The molecule has 2 nitrogen and oxygen atoms in total. The number of hydrogen-bond donors (Lipinski definition) is 1. The summed E-state index contributed by atoms with van der Waals surface area (Å²) in [5, 5.41) is 12.9. The van der Waals surface area contributed by atoms with Crippen LogP contribution in [0.5, 0.6) is 0 Å². The number of nitriles is 1. The van der Waals surface area contributed by atoms with Crippen LogP contribution in [0.2, 0.25) is 0 Å². The second-order valence-corrected chi connectivity index (χ2v) is 5.30. The van der Waals surface area contributed by atoms with Crippen molar-refractivity contribution >= 4 is 0 Å². The van der Waals surface area contributed by atoms with E-state index in [1.165, 1.54) is 37.7 Å². The van der Waals surface area contributed by atoms with Crippen molar-refractivity contribution in [3.8, 4) is 6.07 Å². The molecule has 0 unspecified atom stereocenters. The fourth-order valence-corrected chi connectivity index (χ4v) is 2.85. The first kappa shape index (κ1) is 13.1. The largest absolute Gasteiger partial charge is 0.295 e. The van der Waals surface area contributed by atoms with Crippen molar-refractivity contribution in [2.24, 2.45) is 5.92 Å². The van der Waals surface area contributed by atoms with Gasteiger partial charge in [0.1, 0.15) is 0 Å². The third-order valence-corrected chi connectivity index (χ3v) is 3.99. The predicted molar refractivity (Wildman–Crippen MR) is 74.0 cm³/mol. The molecule has 0 aliphatic heterocycles. The standard InChI is InChI=1S/C16H22N2/c1-13(14-8-4-2-5-9-14)18-16(12-17)15-10-6-3-7-11-15/h2,4-5,8-9,13,15-16,18H,3,6-7,10-11H2,1H3/t13-,16+/m0/s1. The Morgan fingerprint density at radius 3 is 2.44 bits per heavy atom. The Labute approximate surface area is 110 Å². The highest BCUT2D eigenvalue weighted by Gasteiger charge is 2.24. The molecule has 1 aliphatic rings. The monoisotopic (exact) mass is 242 g/mol. The van der Waals surface area contributed by atoms with Gasteiger partial charge in [0, 0.05) is 6.04 Å². The van der Waals surface area contributed by atoms with E-state index in [1.807, 2.05) is 6.07 Å². The zero-order chi connectivity index (χ0) is 12.8. The lowest BCUT2D eigenvalue weighted by Gasteiger charge is -2.28. The molecule has 1 aromatic rings. The third kappa shape index (κ3) is 3.34. The normalized spacial score (nSPS) is 20.0. The highest BCUT2D eigenvalue weighted by atomic mass is 14.9. The molecular weight excluding hydrogens is 220 g/mol. The smallest absolute Gasteiger partial charge is 0.0986 e. The maximum absolute atomic E-state index is 9.36. The van der Waals surface area contributed by atoms with Crippen LogP contribution in [-0.2, 0) is 0 Å². The lowest BCUT2D eigenvalue weighted by molar-refractivity contribution is 0.292. The highest BCUT2D eigenvalue weighted by molar-refractivity contribution is 5.18. The molecule has 0 saturated heterocycles. The van der Waals surface area contributed by atoms with Gasteiger partial charge in [-0.3, -0.25) is 5.32 Å². The van der Waals surface area contributed by atoms with E-state index >= 15 is 0 Å². The van der Waals surface area contributed by atoms with Gasteiger partial charge in [0.15, 0.2) is 0 Å². The van der Waals surface area contributed by atoms with Crippen LogP contribution in [0.1, 0.15) is 50.6 Å². The Balaban J connectivity index is 1.96. The van der Waals surface area contributed by atoms with Crippen LogP contribution in [0.15, 0.2) is 30.3 Å². The lowest BCUT2D eigenvalue weighted by atomic mass is 9.84. The van der Waals surface area contributed by atoms with Crippen LogP contribution >= 0.6 is 0 Å². The van der Waals surface area contributed by atoms with E-state index in [-0.39, 0.29) is 12.1 Å². The molecule has 0 aromatic heterocycles. The molecular formula is C16H22N2. The van der Waals surface area contributed by atoms with E-state index in [2.05, 4.69) is 42.6 Å². The molecule has 2 atom stereocenters. The molecule has 0 radical (unpaired) electrons. The van der Waals surface area contributed by atoms with Crippen LogP contribution < -0.4 is 5.32 Å². The minimum absolute atomic E-state index is 0.000469. The summed E-state index contributed by atoms with van der Waals surface area (Å²) in [6.07, 6.45) is 6.30. The Morgan fingerprint density at radius 1 is 1.17 bits per heavy atom. The Bertz CT molecular complexity index is 387. The summed E-state index contributed by atoms with van der Waals surface area (Å²) < 4.78 is 0. The summed E-state index contributed by atoms with van der Waals surface area (Å²) in [7, 11) is 0. The van der Waals surface area contributed by atoms with Crippen LogP contribution in [0.4, 0.5) is 0 Å². The van der Waals surface area contributed by atoms with Gasteiger partial charge in [0.05, 0.1) is 12.1 Å². The second-order valence-electron chi connectivity index (χ2n) is 5.30. The van der Waals surface area contributed by atoms with Crippen molar-refractivity contribution in [1.82, 2.24) is 5.32 Å². The average Bonchev–Trinajstić information content (AvgIpc) is 2.46. The van der Waals surface area contributed by atoms with Crippen molar-refractivity contribution in [2.45, 2.75) is 51.1 Å². The summed E-state index contributed by atoms with van der Waals surface area (Å²) in [5.74, 6) is 0.537. The van der Waals surface area contributed by atoms with E-state index in [0.717, 1.165) is 0 Å². The Hall–Kier alpha value is -1.33. The fourth-order valence-electron chi connectivity index (χ4n) is 2.85. The van der Waals surface area contributed by atoms with Crippen molar-refractivity contribution in [3.63, 3.8) is 0 Å². The molecule has 0 heterocycles. The SMILES string of the molecule is C[C@H](N[C@H](C#N)C1CCCCC1)c1ccccc1. The zero-order valence-electron chi connectivity index (χ0n) is 11.1. The van der Waals surface area contributed by atoms with Gasteiger partial charge in [-0.2, -0.15) is 5.26 Å². The Kier molecular flexibility index (Phi) is 4.78. The van der Waals surface area contributed by atoms with Crippen LogP contribution in [0, 0.1) is 17.2 Å². The minimum atomic E-state index is 0.000469. The van der Waals surface area contributed by atoms with Crippen LogP contribution in [0.3, 0.4) is 0 Å². The number of nitrogens with one attached hydrogen (secondary N) is 1. The molecule has 1 N–H and O–H groups in total. The molecule has 1 saturated carbocycles. The van der Waals surface area contributed by atoms with Crippen LogP contribution in [-0.4, -0.2) is 6.04 Å². The van der Waals surface area contributed by atoms with Gasteiger partial charge in [-0.05, 0) is 31.2 Å². The maximum atomic E-state index is 9.36. The van der Waals surface area contributed by atoms with Gasteiger partial charge in [-0.15, -0.1) is 0 Å². The molecule has 0 bridgehead atoms. The molecule has 1 fully saturated rings. The third-order valence-electron chi connectivity index (χ3n) is 3.99. The van der Waals surface area contributed by atoms with Gasteiger partial charge in [-0.1, -0.05) is 49.6 Å². The molecule has 18 heavy (non-hydrogen) atoms. The first-order valence-corrected chi connectivity index (χ1v) is 7.02. The number of benzene rings is 1. The molecule has 96 valence electrons. The molecule has 1 aromatic carbocycles. The van der Waals surface area contributed by atoms with Gasteiger partial charge >= 0.3 is 0 Å². The van der Waals surface area contributed by atoms with Crippen molar-refractivity contribution < 1.29 is 0 Å². The fraction of sp³-hybridized carbons (Fsp3) is 0.562. The van der Waals surface area contributed by atoms with Gasteiger partial charge < -0.3 is 0 Å². The average molecular weight is 242 g/mol. The maximum Gasteiger partial charge on any atom is 0.0986 e. The topological polar surface area (TPSA) is 35.8 Å². The van der Waals surface area contributed by atoms with Gasteiger partial charge in [-0.25, -0.2) is 0 Å². The molecule has 2 heteroatoms. The summed E-state index contributed by atoms with van der Waals surface area (Å²) in [4.78, 5) is 0. The summed E-state index contributed by atoms with van der Waals surface area (Å²) in [6, 6.07) is 13.1. The summed E-state index contributed by atoms with van der Waals surface area (Å²) in [5.41, 5.74) is 1.26. The highest BCUT2D eigenvalue weighted by Crippen LogP contribution is 2.27. The van der Waals surface area contributed by atoms with Gasteiger partial charge in [0.2, 0.25) is 0 Å². The zero-order valence-corrected chi connectivity index (χ0v) is 11.1. The van der Waals surface area contributed by atoms with E-state index < -0.39 is 0 Å².